The Morgan fingerprint density at radius 3 is 2.32 bits per heavy atom. The molecule has 0 saturated heterocycles. The smallest absolute Gasteiger partial charge is 0.243 e. The molecule has 19 heavy (non-hydrogen) atoms. The first-order chi connectivity index (χ1) is 8.40. The number of sulfonamides is 1. The summed E-state index contributed by atoms with van der Waals surface area (Å²) in [5.41, 5.74) is 5.22. The Balaban J connectivity index is 0.00000324. The fourth-order valence-corrected chi connectivity index (χ4v) is 2.41. The minimum Gasteiger partial charge on any atom is -0.330 e. The first kappa shape index (κ1) is 18.2. The molecule has 0 amide bonds. The van der Waals surface area contributed by atoms with Gasteiger partial charge in [-0.25, -0.2) is 26.3 Å². The summed E-state index contributed by atoms with van der Waals surface area (Å²) in [6.07, 6.45) is 1.07. The molecule has 110 valence electrons. The van der Waals surface area contributed by atoms with E-state index in [0.717, 1.165) is 0 Å². The number of halogens is 4. The molecule has 4 nitrogen and oxygen atoms in total. The minimum atomic E-state index is -4.18. The lowest BCUT2D eigenvalue weighted by Crippen LogP contribution is -2.26. The van der Waals surface area contributed by atoms with Crippen molar-refractivity contribution in [3.63, 3.8) is 0 Å². The predicted molar refractivity (Wildman–Crippen MR) is 67.0 cm³/mol. The third kappa shape index (κ3) is 4.64. The molecule has 0 bridgehead atoms. The summed E-state index contributed by atoms with van der Waals surface area (Å²) >= 11 is 0. The summed E-state index contributed by atoms with van der Waals surface area (Å²) in [6, 6.07) is 1.24. The molecule has 1 aromatic rings. The van der Waals surface area contributed by atoms with Gasteiger partial charge in [-0.2, -0.15) is 0 Å². The lowest BCUT2D eigenvalue weighted by atomic mass is 10.3. The molecule has 0 aliphatic carbocycles. The third-order valence-corrected chi connectivity index (χ3v) is 3.69. The average Bonchev–Trinajstić information content (AvgIpc) is 2.31. The van der Waals surface area contributed by atoms with Crippen molar-refractivity contribution in [3.8, 4) is 0 Å². The normalized spacial score (nSPS) is 11.2. The summed E-state index contributed by atoms with van der Waals surface area (Å²) in [5.74, 6) is -4.96. The molecular weight excluding hydrogens is 305 g/mol. The van der Waals surface area contributed by atoms with Crippen molar-refractivity contribution >= 4 is 22.4 Å². The van der Waals surface area contributed by atoms with Gasteiger partial charge in [0.25, 0.3) is 0 Å². The molecule has 0 atom stereocenters. The molecule has 3 N–H and O–H groups in total. The highest BCUT2D eigenvalue weighted by molar-refractivity contribution is 7.89. The second kappa shape index (κ2) is 7.68. The Labute approximate surface area is 115 Å². The van der Waals surface area contributed by atoms with Crippen LogP contribution < -0.4 is 10.5 Å². The zero-order valence-corrected chi connectivity index (χ0v) is 11.5. The minimum absolute atomic E-state index is 0. The molecule has 1 aromatic carbocycles. The highest BCUT2D eigenvalue weighted by Crippen LogP contribution is 2.19. The van der Waals surface area contributed by atoms with Gasteiger partial charge in [0.2, 0.25) is 10.0 Å². The van der Waals surface area contributed by atoms with Gasteiger partial charge in [-0.3, -0.25) is 0 Å². The Morgan fingerprint density at radius 1 is 1.11 bits per heavy atom. The van der Waals surface area contributed by atoms with Crippen molar-refractivity contribution < 1.29 is 21.6 Å². The van der Waals surface area contributed by atoms with E-state index in [4.69, 9.17) is 5.73 Å². The van der Waals surface area contributed by atoms with E-state index in [1.54, 1.807) is 0 Å². The fourth-order valence-electron chi connectivity index (χ4n) is 1.27. The van der Waals surface area contributed by atoms with Crippen LogP contribution in [-0.4, -0.2) is 21.5 Å². The van der Waals surface area contributed by atoms with Crippen molar-refractivity contribution in [2.45, 2.75) is 17.7 Å². The highest BCUT2D eigenvalue weighted by atomic mass is 35.5. The monoisotopic (exact) mass is 318 g/mol. The quantitative estimate of drug-likeness (QED) is 0.617. The number of benzene rings is 1. The molecule has 0 radical (unpaired) electrons. The molecule has 0 saturated carbocycles. The lowest BCUT2D eigenvalue weighted by Gasteiger charge is -2.08. The van der Waals surface area contributed by atoms with Crippen LogP contribution in [0.3, 0.4) is 0 Å². The van der Waals surface area contributed by atoms with Gasteiger partial charge >= 0.3 is 0 Å². The zero-order valence-electron chi connectivity index (χ0n) is 9.83. The Hall–Kier alpha value is -0.830. The van der Waals surface area contributed by atoms with Crippen molar-refractivity contribution in [3.05, 3.63) is 29.6 Å². The van der Waals surface area contributed by atoms with Gasteiger partial charge in [-0.05, 0) is 31.5 Å². The molecule has 0 aliphatic rings. The maximum absolute atomic E-state index is 13.3. The van der Waals surface area contributed by atoms with E-state index >= 15 is 0 Å². The second-order valence-electron chi connectivity index (χ2n) is 3.57. The van der Waals surface area contributed by atoms with Crippen molar-refractivity contribution in [2.24, 2.45) is 5.73 Å². The Morgan fingerprint density at radius 2 is 1.74 bits per heavy atom. The van der Waals surface area contributed by atoms with E-state index in [2.05, 4.69) is 4.72 Å². The number of hydrogen-bond acceptors (Lipinski definition) is 3. The summed E-state index contributed by atoms with van der Waals surface area (Å²) in [5, 5.41) is 0. The zero-order chi connectivity index (χ0) is 13.8. The maximum atomic E-state index is 13.3. The van der Waals surface area contributed by atoms with Crippen LogP contribution in [0.25, 0.3) is 0 Å². The lowest BCUT2D eigenvalue weighted by molar-refractivity contribution is 0.431. The van der Waals surface area contributed by atoms with Crippen molar-refractivity contribution in [2.75, 3.05) is 13.1 Å². The first-order valence-electron chi connectivity index (χ1n) is 5.23. The molecule has 1 rings (SSSR count). The SMILES string of the molecule is Cl.NCCCCNS(=O)(=O)c1ccc(F)c(F)c1F. The summed E-state index contributed by atoms with van der Waals surface area (Å²) in [4.78, 5) is -0.908. The molecule has 0 spiro atoms. The van der Waals surface area contributed by atoms with Crippen LogP contribution >= 0.6 is 12.4 Å². The van der Waals surface area contributed by atoms with Gasteiger partial charge in [0.15, 0.2) is 17.5 Å². The van der Waals surface area contributed by atoms with Crippen LogP contribution in [0.4, 0.5) is 13.2 Å². The van der Waals surface area contributed by atoms with E-state index in [0.29, 0.717) is 31.5 Å². The van der Waals surface area contributed by atoms with Gasteiger partial charge in [0.1, 0.15) is 4.90 Å². The summed E-state index contributed by atoms with van der Waals surface area (Å²) in [7, 11) is -4.18. The number of nitrogens with two attached hydrogens (primary N) is 1. The first-order valence-corrected chi connectivity index (χ1v) is 6.71. The van der Waals surface area contributed by atoms with Crippen LogP contribution in [0.2, 0.25) is 0 Å². The molecule has 9 heteroatoms. The predicted octanol–water partition coefficient (Wildman–Crippen LogP) is 1.54. The van der Waals surface area contributed by atoms with E-state index in [1.807, 2.05) is 0 Å². The van der Waals surface area contributed by atoms with E-state index in [1.165, 1.54) is 0 Å². The number of rotatable bonds is 6. The summed E-state index contributed by atoms with van der Waals surface area (Å²) < 4.78 is 64.1. The van der Waals surface area contributed by atoms with Crippen LogP contribution in [0.1, 0.15) is 12.8 Å². The Kier molecular flexibility index (Phi) is 7.35. The van der Waals surface area contributed by atoms with E-state index in [-0.39, 0.29) is 19.0 Å². The fraction of sp³-hybridized carbons (Fsp3) is 0.400. The molecular formula is C10H14ClF3N2O2S. The van der Waals surface area contributed by atoms with E-state index in [9.17, 15) is 21.6 Å². The molecule has 0 heterocycles. The number of hydrogen-bond donors (Lipinski definition) is 2. The van der Waals surface area contributed by atoms with Crippen molar-refractivity contribution in [1.29, 1.82) is 0 Å². The number of unbranched alkanes of at least 4 members (excludes halogenated alkanes) is 1. The van der Waals surface area contributed by atoms with Crippen molar-refractivity contribution in [1.82, 2.24) is 4.72 Å². The van der Waals surface area contributed by atoms with Crippen LogP contribution in [0.5, 0.6) is 0 Å². The largest absolute Gasteiger partial charge is 0.330 e. The van der Waals surface area contributed by atoms with Gasteiger partial charge in [-0.15, -0.1) is 12.4 Å². The summed E-state index contributed by atoms with van der Waals surface area (Å²) in [6.45, 7) is 0.458. The topological polar surface area (TPSA) is 72.2 Å². The molecule has 0 aliphatic heterocycles. The molecule has 0 unspecified atom stereocenters. The van der Waals surface area contributed by atoms with Gasteiger partial charge in [-0.1, -0.05) is 0 Å². The average molecular weight is 319 g/mol. The van der Waals surface area contributed by atoms with Gasteiger partial charge in [0, 0.05) is 6.54 Å². The Bertz CT molecular complexity index is 526. The van der Waals surface area contributed by atoms with Gasteiger partial charge < -0.3 is 5.73 Å². The third-order valence-electron chi connectivity index (χ3n) is 2.21. The van der Waals surface area contributed by atoms with Crippen LogP contribution in [-0.2, 0) is 10.0 Å². The van der Waals surface area contributed by atoms with Crippen LogP contribution in [0, 0.1) is 17.5 Å². The maximum Gasteiger partial charge on any atom is 0.243 e. The highest BCUT2D eigenvalue weighted by Gasteiger charge is 2.23. The standard InChI is InChI=1S/C10H13F3N2O2S.ClH/c11-7-3-4-8(10(13)9(7)12)18(16,17)15-6-2-1-5-14;/h3-4,15H,1-2,5-6,14H2;1H. The molecule has 0 fully saturated rings. The van der Waals surface area contributed by atoms with Gasteiger partial charge in [0.05, 0.1) is 0 Å². The molecule has 0 aromatic heterocycles. The number of nitrogens with one attached hydrogen (secondary N) is 1. The second-order valence-corrected chi connectivity index (χ2v) is 5.30. The van der Waals surface area contributed by atoms with E-state index < -0.39 is 32.4 Å². The van der Waals surface area contributed by atoms with Crippen LogP contribution in [0.15, 0.2) is 17.0 Å².